The Morgan fingerprint density at radius 1 is 1.47 bits per heavy atom. The third-order valence-electron chi connectivity index (χ3n) is 2.62. The summed E-state index contributed by atoms with van der Waals surface area (Å²) in [6.45, 7) is 2.54. The van der Waals surface area contributed by atoms with E-state index in [9.17, 15) is 0 Å². The number of nitrogens with zero attached hydrogens (tertiary/aromatic N) is 4. The minimum absolute atomic E-state index is 0.614. The highest BCUT2D eigenvalue weighted by Crippen LogP contribution is 2.26. The summed E-state index contributed by atoms with van der Waals surface area (Å²) in [5.74, 6) is 0. The van der Waals surface area contributed by atoms with Gasteiger partial charge < -0.3 is 5.73 Å². The van der Waals surface area contributed by atoms with E-state index in [1.54, 1.807) is 11.3 Å². The van der Waals surface area contributed by atoms with Crippen LogP contribution in [0.5, 0.6) is 0 Å². The van der Waals surface area contributed by atoms with Gasteiger partial charge in [0.05, 0.1) is 17.1 Å². The minimum Gasteiger partial charge on any atom is -0.330 e. The lowest BCUT2D eigenvalue weighted by Crippen LogP contribution is -2.02. The van der Waals surface area contributed by atoms with Gasteiger partial charge in [-0.25, -0.2) is 4.98 Å². The Labute approximate surface area is 101 Å². The SMILES string of the molecule is Cc1n[nH]nc1-c1csc2nc(CCN)cn12. The summed E-state index contributed by atoms with van der Waals surface area (Å²) >= 11 is 1.60. The molecule has 0 unspecified atom stereocenters. The van der Waals surface area contributed by atoms with Crippen LogP contribution in [-0.4, -0.2) is 31.3 Å². The molecule has 0 aliphatic rings. The zero-order valence-corrected chi connectivity index (χ0v) is 10.2. The van der Waals surface area contributed by atoms with Crippen molar-refractivity contribution in [2.45, 2.75) is 13.3 Å². The molecular formula is C10H12N6S. The Kier molecular flexibility index (Phi) is 2.41. The van der Waals surface area contributed by atoms with Crippen molar-refractivity contribution < 1.29 is 0 Å². The van der Waals surface area contributed by atoms with Crippen molar-refractivity contribution >= 4 is 16.3 Å². The zero-order valence-electron chi connectivity index (χ0n) is 9.34. The Hall–Kier alpha value is -1.73. The average Bonchev–Trinajstić information content (AvgIpc) is 2.94. The number of hydrogen-bond acceptors (Lipinski definition) is 5. The summed E-state index contributed by atoms with van der Waals surface area (Å²) < 4.78 is 2.04. The van der Waals surface area contributed by atoms with Crippen LogP contribution in [0.1, 0.15) is 11.4 Å². The molecule has 3 aromatic heterocycles. The molecule has 0 fully saturated rings. The van der Waals surface area contributed by atoms with E-state index >= 15 is 0 Å². The van der Waals surface area contributed by atoms with Gasteiger partial charge in [-0.3, -0.25) is 4.40 Å². The number of aromatic amines is 1. The lowest BCUT2D eigenvalue weighted by atomic mass is 10.3. The topological polar surface area (TPSA) is 84.9 Å². The molecule has 0 bridgehead atoms. The van der Waals surface area contributed by atoms with Gasteiger partial charge in [0.2, 0.25) is 0 Å². The van der Waals surface area contributed by atoms with Crippen LogP contribution in [0.15, 0.2) is 11.6 Å². The number of aromatic nitrogens is 5. The van der Waals surface area contributed by atoms with Crippen LogP contribution in [-0.2, 0) is 6.42 Å². The van der Waals surface area contributed by atoms with Crippen LogP contribution in [0.25, 0.3) is 16.3 Å². The summed E-state index contributed by atoms with van der Waals surface area (Å²) in [4.78, 5) is 5.47. The van der Waals surface area contributed by atoms with E-state index in [0.717, 1.165) is 34.2 Å². The summed E-state index contributed by atoms with van der Waals surface area (Å²) in [7, 11) is 0. The average molecular weight is 248 g/mol. The van der Waals surface area contributed by atoms with Gasteiger partial charge in [0.15, 0.2) is 4.96 Å². The lowest BCUT2D eigenvalue weighted by Gasteiger charge is -1.94. The number of thiazole rings is 1. The first-order chi connectivity index (χ1) is 8.29. The number of nitrogens with two attached hydrogens (primary N) is 1. The number of rotatable bonds is 3. The van der Waals surface area contributed by atoms with E-state index in [1.165, 1.54) is 0 Å². The van der Waals surface area contributed by atoms with Gasteiger partial charge in [-0.2, -0.15) is 15.4 Å². The van der Waals surface area contributed by atoms with Gasteiger partial charge in [0, 0.05) is 18.0 Å². The monoisotopic (exact) mass is 248 g/mol. The van der Waals surface area contributed by atoms with Gasteiger partial charge in [0.25, 0.3) is 0 Å². The molecule has 0 saturated carbocycles. The molecule has 0 saturated heterocycles. The quantitative estimate of drug-likeness (QED) is 0.724. The number of nitrogens with one attached hydrogen (secondary N) is 1. The van der Waals surface area contributed by atoms with Gasteiger partial charge in [-0.05, 0) is 13.5 Å². The highest BCUT2D eigenvalue weighted by molar-refractivity contribution is 7.15. The highest BCUT2D eigenvalue weighted by Gasteiger charge is 2.13. The van der Waals surface area contributed by atoms with Crippen molar-refractivity contribution in [3.8, 4) is 11.4 Å². The third kappa shape index (κ3) is 1.63. The molecule has 6 nitrogen and oxygen atoms in total. The molecule has 0 atom stereocenters. The second-order valence-corrected chi connectivity index (χ2v) is 4.64. The number of imidazole rings is 1. The number of fused-ring (bicyclic) bond motifs is 1. The van der Waals surface area contributed by atoms with Crippen LogP contribution >= 0.6 is 11.3 Å². The standard InChI is InChI=1S/C10H12N6S/c1-6-9(14-15-13-6)8-5-17-10-12-7(2-3-11)4-16(8)10/h4-5H,2-3,11H2,1H3,(H,13,14,15). The van der Waals surface area contributed by atoms with Gasteiger partial charge in [-0.15, -0.1) is 11.3 Å². The molecule has 0 aliphatic carbocycles. The van der Waals surface area contributed by atoms with Crippen LogP contribution < -0.4 is 5.73 Å². The van der Waals surface area contributed by atoms with Crippen molar-refractivity contribution in [1.29, 1.82) is 0 Å². The molecule has 7 heteroatoms. The highest BCUT2D eigenvalue weighted by atomic mass is 32.1. The Balaban J connectivity index is 2.14. The number of aryl methyl sites for hydroxylation is 1. The Morgan fingerprint density at radius 2 is 2.35 bits per heavy atom. The number of hydrogen-bond donors (Lipinski definition) is 2. The molecule has 0 spiro atoms. The first kappa shape index (κ1) is 10.4. The van der Waals surface area contributed by atoms with Crippen LogP contribution in [0.4, 0.5) is 0 Å². The second kappa shape index (κ2) is 3.94. The molecule has 3 N–H and O–H groups in total. The fraction of sp³-hybridized carbons (Fsp3) is 0.300. The maximum atomic E-state index is 5.53. The molecule has 0 aromatic carbocycles. The second-order valence-electron chi connectivity index (χ2n) is 3.80. The smallest absolute Gasteiger partial charge is 0.194 e. The predicted octanol–water partition coefficient (Wildman–Crippen LogP) is 0.991. The van der Waals surface area contributed by atoms with Crippen molar-refractivity contribution in [1.82, 2.24) is 24.8 Å². The van der Waals surface area contributed by atoms with E-state index in [4.69, 9.17) is 5.73 Å². The molecule has 3 rings (SSSR count). The first-order valence-corrected chi connectivity index (χ1v) is 6.21. The molecule has 88 valence electrons. The van der Waals surface area contributed by atoms with E-state index in [1.807, 2.05) is 22.9 Å². The van der Waals surface area contributed by atoms with Crippen molar-refractivity contribution in [2.75, 3.05) is 6.54 Å². The fourth-order valence-corrected chi connectivity index (χ4v) is 2.67. The summed E-state index contributed by atoms with van der Waals surface area (Å²) in [5, 5.41) is 12.9. The van der Waals surface area contributed by atoms with E-state index < -0.39 is 0 Å². The number of H-pyrrole nitrogens is 1. The van der Waals surface area contributed by atoms with Crippen molar-refractivity contribution in [3.63, 3.8) is 0 Å². The first-order valence-electron chi connectivity index (χ1n) is 5.33. The van der Waals surface area contributed by atoms with Crippen LogP contribution in [0.2, 0.25) is 0 Å². The van der Waals surface area contributed by atoms with E-state index in [0.29, 0.717) is 6.54 Å². The largest absolute Gasteiger partial charge is 0.330 e. The van der Waals surface area contributed by atoms with Crippen molar-refractivity contribution in [3.05, 3.63) is 23.0 Å². The summed E-state index contributed by atoms with van der Waals surface area (Å²) in [5.41, 5.74) is 9.33. The molecule has 3 heterocycles. The summed E-state index contributed by atoms with van der Waals surface area (Å²) in [6, 6.07) is 0. The van der Waals surface area contributed by atoms with Crippen LogP contribution in [0, 0.1) is 6.92 Å². The Morgan fingerprint density at radius 3 is 3.06 bits per heavy atom. The molecular weight excluding hydrogens is 236 g/mol. The van der Waals surface area contributed by atoms with Gasteiger partial charge in [0.1, 0.15) is 5.69 Å². The van der Waals surface area contributed by atoms with Crippen molar-refractivity contribution in [2.24, 2.45) is 5.73 Å². The maximum Gasteiger partial charge on any atom is 0.194 e. The minimum atomic E-state index is 0.614. The molecule has 3 aromatic rings. The Bertz CT molecular complexity index is 649. The third-order valence-corrected chi connectivity index (χ3v) is 3.46. The van der Waals surface area contributed by atoms with E-state index in [2.05, 4.69) is 20.4 Å². The molecule has 17 heavy (non-hydrogen) atoms. The molecule has 0 amide bonds. The normalized spacial score (nSPS) is 11.4. The predicted molar refractivity (Wildman–Crippen MR) is 65.9 cm³/mol. The van der Waals surface area contributed by atoms with Gasteiger partial charge in [-0.1, -0.05) is 0 Å². The summed E-state index contributed by atoms with van der Waals surface area (Å²) in [6.07, 6.45) is 2.81. The fourth-order valence-electron chi connectivity index (χ4n) is 1.80. The van der Waals surface area contributed by atoms with Gasteiger partial charge >= 0.3 is 0 Å². The van der Waals surface area contributed by atoms with E-state index in [-0.39, 0.29) is 0 Å². The van der Waals surface area contributed by atoms with Crippen LogP contribution in [0.3, 0.4) is 0 Å². The lowest BCUT2D eigenvalue weighted by molar-refractivity contribution is 0.928. The molecule has 0 aliphatic heterocycles. The maximum absolute atomic E-state index is 5.53. The molecule has 0 radical (unpaired) electrons. The zero-order chi connectivity index (χ0) is 11.8.